The fraction of sp³-hybridized carbons (Fsp3) is 0.333. The van der Waals surface area contributed by atoms with E-state index in [1.807, 2.05) is 50.2 Å². The third-order valence-corrected chi connectivity index (χ3v) is 7.05. The topological polar surface area (TPSA) is 106 Å². The Morgan fingerprint density at radius 1 is 0.975 bits per heavy atom. The number of nitrogens with zero attached hydrogens (tertiary/aromatic N) is 7. The molecule has 0 spiro atoms. The molecule has 10 nitrogen and oxygen atoms in total. The average Bonchev–Trinajstić information content (AvgIpc) is 3.30. The number of carbonyl (C=O) groups excluding carboxylic acids is 2. The molecule has 10 heteroatoms. The Hall–Kier alpha value is -4.60. The molecule has 5 rings (SSSR count). The second-order valence-electron chi connectivity index (χ2n) is 9.96. The van der Waals surface area contributed by atoms with Gasteiger partial charge in [-0.25, -0.2) is 19.6 Å². The summed E-state index contributed by atoms with van der Waals surface area (Å²) in [5.74, 6) is 2.10. The van der Waals surface area contributed by atoms with Crippen molar-refractivity contribution in [1.82, 2.24) is 34.5 Å². The van der Waals surface area contributed by atoms with Crippen LogP contribution in [0.15, 0.2) is 61.2 Å². The molecular weight excluding hydrogens is 506 g/mol. The van der Waals surface area contributed by atoms with Crippen LogP contribution in [-0.4, -0.2) is 79.6 Å². The molecular formula is C30H33N7O3. The van der Waals surface area contributed by atoms with Gasteiger partial charge in [0.05, 0.1) is 13.1 Å². The highest BCUT2D eigenvalue weighted by atomic mass is 16.5. The minimum atomic E-state index is -0.0771. The molecule has 0 saturated heterocycles. The van der Waals surface area contributed by atoms with E-state index in [9.17, 15) is 9.59 Å². The largest absolute Gasteiger partial charge is 0.491 e. The molecule has 4 aromatic rings. The van der Waals surface area contributed by atoms with Crippen LogP contribution in [-0.2, 0) is 17.8 Å². The van der Waals surface area contributed by atoms with E-state index in [2.05, 4.69) is 26.1 Å². The summed E-state index contributed by atoms with van der Waals surface area (Å²) in [6, 6.07) is 13.7. The SMILES string of the molecule is Cc1nc(C)n(CCC(=O)N2CCOc3ccc(-c4cncnc4)cc3Cc3cccc(c3)C(=O)N(C)CC2)n1. The normalized spacial score (nSPS) is 14.3. The van der Waals surface area contributed by atoms with Gasteiger partial charge in [-0.05, 0) is 54.8 Å². The van der Waals surface area contributed by atoms with Gasteiger partial charge < -0.3 is 14.5 Å². The molecule has 0 unspecified atom stereocenters. The number of hydrogen-bond donors (Lipinski definition) is 0. The molecule has 0 fully saturated rings. The molecule has 1 aliphatic heterocycles. The van der Waals surface area contributed by atoms with Crippen LogP contribution >= 0.6 is 0 Å². The van der Waals surface area contributed by atoms with Crippen LogP contribution in [0.3, 0.4) is 0 Å². The lowest BCUT2D eigenvalue weighted by Gasteiger charge is -2.27. The summed E-state index contributed by atoms with van der Waals surface area (Å²) in [7, 11) is 1.77. The highest BCUT2D eigenvalue weighted by Gasteiger charge is 2.20. The zero-order valence-corrected chi connectivity index (χ0v) is 23.1. The number of hydrogen-bond acceptors (Lipinski definition) is 7. The Labute approximate surface area is 233 Å². The number of fused-ring (bicyclic) bond motifs is 3. The zero-order chi connectivity index (χ0) is 28.1. The molecule has 2 bridgehead atoms. The van der Waals surface area contributed by atoms with Gasteiger partial charge in [-0.3, -0.25) is 9.59 Å². The lowest BCUT2D eigenvalue weighted by molar-refractivity contribution is -0.132. The van der Waals surface area contributed by atoms with Crippen molar-refractivity contribution < 1.29 is 14.3 Å². The van der Waals surface area contributed by atoms with Crippen LogP contribution in [0.25, 0.3) is 11.1 Å². The van der Waals surface area contributed by atoms with Crippen molar-refractivity contribution in [3.63, 3.8) is 0 Å². The van der Waals surface area contributed by atoms with E-state index in [4.69, 9.17) is 4.74 Å². The van der Waals surface area contributed by atoms with Crippen LogP contribution in [0.4, 0.5) is 0 Å². The Morgan fingerprint density at radius 2 is 1.80 bits per heavy atom. The Bertz CT molecular complexity index is 1500. The van der Waals surface area contributed by atoms with E-state index < -0.39 is 0 Å². The summed E-state index contributed by atoms with van der Waals surface area (Å²) in [5, 5.41) is 4.37. The molecule has 0 saturated carbocycles. The molecule has 2 aromatic carbocycles. The number of aromatic nitrogens is 5. The van der Waals surface area contributed by atoms with E-state index in [-0.39, 0.29) is 18.2 Å². The summed E-state index contributed by atoms with van der Waals surface area (Å²) in [6.07, 6.45) is 5.93. The molecule has 0 radical (unpaired) electrons. The Kier molecular flexibility index (Phi) is 8.14. The van der Waals surface area contributed by atoms with Crippen molar-refractivity contribution in [3.05, 3.63) is 89.5 Å². The molecule has 0 atom stereocenters. The van der Waals surface area contributed by atoms with Gasteiger partial charge >= 0.3 is 0 Å². The summed E-state index contributed by atoms with van der Waals surface area (Å²) in [6.45, 7) is 5.69. The molecule has 206 valence electrons. The van der Waals surface area contributed by atoms with Crippen LogP contribution in [0.5, 0.6) is 5.75 Å². The van der Waals surface area contributed by atoms with Gasteiger partial charge in [0, 0.05) is 56.5 Å². The molecule has 0 aliphatic carbocycles. The molecule has 1 aliphatic rings. The van der Waals surface area contributed by atoms with E-state index in [0.29, 0.717) is 50.6 Å². The first-order valence-corrected chi connectivity index (χ1v) is 13.4. The zero-order valence-electron chi connectivity index (χ0n) is 23.1. The van der Waals surface area contributed by atoms with E-state index in [1.54, 1.807) is 33.9 Å². The first-order chi connectivity index (χ1) is 19.4. The summed E-state index contributed by atoms with van der Waals surface area (Å²) in [4.78, 5) is 42.6. The maximum absolute atomic E-state index is 13.3. The van der Waals surface area contributed by atoms with Crippen LogP contribution < -0.4 is 4.74 Å². The number of aryl methyl sites for hydroxylation is 3. The van der Waals surface area contributed by atoms with Crippen LogP contribution in [0, 0.1) is 13.8 Å². The first-order valence-electron chi connectivity index (χ1n) is 13.4. The van der Waals surface area contributed by atoms with Crippen LogP contribution in [0.2, 0.25) is 0 Å². The monoisotopic (exact) mass is 539 g/mol. The molecule has 3 heterocycles. The van der Waals surface area contributed by atoms with Gasteiger partial charge in [-0.1, -0.05) is 18.2 Å². The van der Waals surface area contributed by atoms with Gasteiger partial charge in [0.25, 0.3) is 5.91 Å². The standard InChI is InChI=1S/C30H33N7O3/c1-21-33-22(2)37(34-21)10-9-29(38)36-12-11-35(3)30(39)25-6-4-5-23(15-25)16-26-17-24(27-18-31-20-32-19-27)7-8-28(26)40-14-13-36/h4-8,15,17-20H,9-14,16H2,1-3H3. The predicted molar refractivity (Wildman–Crippen MR) is 150 cm³/mol. The second-order valence-corrected chi connectivity index (χ2v) is 9.96. The lowest BCUT2D eigenvalue weighted by Crippen LogP contribution is -2.41. The van der Waals surface area contributed by atoms with Gasteiger partial charge in [-0.15, -0.1) is 0 Å². The average molecular weight is 540 g/mol. The predicted octanol–water partition coefficient (Wildman–Crippen LogP) is 3.33. The smallest absolute Gasteiger partial charge is 0.253 e. The minimum absolute atomic E-state index is 0.0225. The summed E-state index contributed by atoms with van der Waals surface area (Å²) >= 11 is 0. The van der Waals surface area contributed by atoms with E-state index in [0.717, 1.165) is 33.8 Å². The number of amides is 2. The van der Waals surface area contributed by atoms with Crippen molar-refractivity contribution >= 4 is 11.8 Å². The summed E-state index contributed by atoms with van der Waals surface area (Å²) in [5.41, 5.74) is 4.49. The number of benzene rings is 2. The molecule has 40 heavy (non-hydrogen) atoms. The fourth-order valence-corrected chi connectivity index (χ4v) is 4.87. The molecule has 2 aromatic heterocycles. The Balaban J connectivity index is 1.41. The third kappa shape index (κ3) is 6.33. The van der Waals surface area contributed by atoms with Crippen molar-refractivity contribution in [2.45, 2.75) is 33.2 Å². The van der Waals surface area contributed by atoms with Crippen molar-refractivity contribution in [1.29, 1.82) is 0 Å². The first kappa shape index (κ1) is 27.0. The maximum Gasteiger partial charge on any atom is 0.253 e. The lowest BCUT2D eigenvalue weighted by atomic mass is 9.98. The molecule has 2 amide bonds. The number of ether oxygens (including phenoxy) is 1. The summed E-state index contributed by atoms with van der Waals surface area (Å²) < 4.78 is 8.03. The maximum atomic E-state index is 13.3. The minimum Gasteiger partial charge on any atom is -0.491 e. The van der Waals surface area contributed by atoms with Gasteiger partial charge in [0.2, 0.25) is 5.91 Å². The fourth-order valence-electron chi connectivity index (χ4n) is 4.87. The van der Waals surface area contributed by atoms with E-state index >= 15 is 0 Å². The van der Waals surface area contributed by atoms with Crippen molar-refractivity contribution in [2.24, 2.45) is 0 Å². The number of carbonyl (C=O) groups is 2. The third-order valence-electron chi connectivity index (χ3n) is 7.05. The van der Waals surface area contributed by atoms with Gasteiger partial charge in [0.15, 0.2) is 0 Å². The highest BCUT2D eigenvalue weighted by Crippen LogP contribution is 2.28. The van der Waals surface area contributed by atoms with E-state index in [1.165, 1.54) is 6.33 Å². The highest BCUT2D eigenvalue weighted by molar-refractivity contribution is 5.94. The van der Waals surface area contributed by atoms with Crippen molar-refractivity contribution in [3.8, 4) is 16.9 Å². The second kappa shape index (κ2) is 12.1. The van der Waals surface area contributed by atoms with Crippen LogP contribution in [0.1, 0.15) is 39.6 Å². The van der Waals surface area contributed by atoms with Gasteiger partial charge in [-0.2, -0.15) is 5.10 Å². The van der Waals surface area contributed by atoms with Gasteiger partial charge in [0.1, 0.15) is 30.3 Å². The molecule has 0 N–H and O–H groups in total. The number of rotatable bonds is 4. The quantitative estimate of drug-likeness (QED) is 0.392. The number of likely N-dealkylation sites (N-methyl/N-ethyl adjacent to an activating group) is 1. The van der Waals surface area contributed by atoms with Crippen molar-refractivity contribution in [2.75, 3.05) is 33.3 Å². The Morgan fingerprint density at radius 3 is 2.58 bits per heavy atom.